The van der Waals surface area contributed by atoms with Crippen LogP contribution in [-0.4, -0.2) is 7.11 Å². The summed E-state index contributed by atoms with van der Waals surface area (Å²) >= 11 is 0. The van der Waals surface area contributed by atoms with Crippen LogP contribution in [0.2, 0.25) is 0 Å². The molecular weight excluding hydrogens is 243 g/mol. The molecule has 0 saturated heterocycles. The van der Waals surface area contributed by atoms with E-state index in [0.717, 1.165) is 11.3 Å². The lowest BCUT2D eigenvalue weighted by atomic mass is 10.1. The van der Waals surface area contributed by atoms with Gasteiger partial charge in [-0.1, -0.05) is 12.1 Å². The zero-order chi connectivity index (χ0) is 13.7. The molecule has 19 heavy (non-hydrogen) atoms. The first-order valence-electron chi connectivity index (χ1n) is 5.78. The van der Waals surface area contributed by atoms with Crippen LogP contribution < -0.4 is 10.1 Å². The van der Waals surface area contributed by atoms with Gasteiger partial charge in [-0.25, -0.2) is 4.39 Å². The fraction of sp³-hybridized carbons (Fsp3) is 0.133. The molecule has 0 fully saturated rings. The van der Waals surface area contributed by atoms with E-state index in [1.54, 1.807) is 31.4 Å². The third kappa shape index (κ3) is 3.23. The minimum Gasteiger partial charge on any atom is -0.497 e. The molecule has 0 aliphatic heterocycles. The molecular formula is C15H13FN2O. The molecule has 96 valence electrons. The monoisotopic (exact) mass is 256 g/mol. The third-order valence-electron chi connectivity index (χ3n) is 2.73. The SMILES string of the molecule is COc1ccc(C(C#N)Nc2ccc(F)cc2)cc1. The van der Waals surface area contributed by atoms with E-state index in [-0.39, 0.29) is 5.82 Å². The first-order chi connectivity index (χ1) is 9.22. The van der Waals surface area contributed by atoms with Crippen LogP contribution in [0.15, 0.2) is 48.5 Å². The Morgan fingerprint density at radius 2 is 1.74 bits per heavy atom. The van der Waals surface area contributed by atoms with Crippen molar-refractivity contribution in [3.63, 3.8) is 0 Å². The van der Waals surface area contributed by atoms with E-state index in [4.69, 9.17) is 4.74 Å². The minimum absolute atomic E-state index is 0.302. The van der Waals surface area contributed by atoms with Crippen molar-refractivity contribution < 1.29 is 9.13 Å². The Balaban J connectivity index is 2.15. The summed E-state index contributed by atoms with van der Waals surface area (Å²) in [5, 5.41) is 12.2. The molecule has 0 aliphatic rings. The summed E-state index contributed by atoms with van der Waals surface area (Å²) in [4.78, 5) is 0. The highest BCUT2D eigenvalue weighted by Crippen LogP contribution is 2.21. The molecule has 1 unspecified atom stereocenters. The molecule has 4 heteroatoms. The number of hydrogen-bond donors (Lipinski definition) is 1. The summed E-state index contributed by atoms with van der Waals surface area (Å²) in [5.41, 5.74) is 1.52. The van der Waals surface area contributed by atoms with Gasteiger partial charge in [-0.05, 0) is 42.0 Å². The standard InChI is InChI=1S/C15H13FN2O/c1-19-14-8-2-11(3-9-14)15(10-17)18-13-6-4-12(16)5-7-13/h2-9,15,18H,1H3. The van der Waals surface area contributed by atoms with Crippen molar-refractivity contribution in [1.29, 1.82) is 5.26 Å². The summed E-state index contributed by atoms with van der Waals surface area (Å²) in [5.74, 6) is 0.436. The van der Waals surface area contributed by atoms with Crippen molar-refractivity contribution in [2.75, 3.05) is 12.4 Å². The van der Waals surface area contributed by atoms with Crippen molar-refractivity contribution in [3.05, 3.63) is 59.9 Å². The molecule has 0 saturated carbocycles. The zero-order valence-electron chi connectivity index (χ0n) is 10.4. The van der Waals surface area contributed by atoms with Gasteiger partial charge in [0.05, 0.1) is 13.2 Å². The topological polar surface area (TPSA) is 45.0 Å². The fourth-order valence-electron chi connectivity index (χ4n) is 1.70. The van der Waals surface area contributed by atoms with Crippen molar-refractivity contribution in [2.24, 2.45) is 0 Å². The highest BCUT2D eigenvalue weighted by Gasteiger charge is 2.10. The van der Waals surface area contributed by atoms with Crippen LogP contribution in [0.25, 0.3) is 0 Å². The third-order valence-corrected chi connectivity index (χ3v) is 2.73. The number of benzene rings is 2. The number of ether oxygens (including phenoxy) is 1. The first kappa shape index (κ1) is 12.9. The number of methoxy groups -OCH3 is 1. The Bertz CT molecular complexity index is 573. The number of anilines is 1. The average Bonchev–Trinajstić information content (AvgIpc) is 2.47. The van der Waals surface area contributed by atoms with Gasteiger partial charge >= 0.3 is 0 Å². The molecule has 0 radical (unpaired) electrons. The maximum absolute atomic E-state index is 12.8. The molecule has 2 aromatic carbocycles. The average molecular weight is 256 g/mol. The highest BCUT2D eigenvalue weighted by atomic mass is 19.1. The number of nitriles is 1. The molecule has 0 bridgehead atoms. The predicted octanol–water partition coefficient (Wildman–Crippen LogP) is 3.51. The van der Waals surface area contributed by atoms with Gasteiger partial charge in [-0.3, -0.25) is 0 Å². The molecule has 0 aliphatic carbocycles. The van der Waals surface area contributed by atoms with Crippen LogP contribution >= 0.6 is 0 Å². The summed E-state index contributed by atoms with van der Waals surface area (Å²) < 4.78 is 17.9. The summed E-state index contributed by atoms with van der Waals surface area (Å²) in [6.07, 6.45) is 0. The largest absolute Gasteiger partial charge is 0.497 e. The smallest absolute Gasteiger partial charge is 0.140 e. The minimum atomic E-state index is -0.489. The van der Waals surface area contributed by atoms with Crippen molar-refractivity contribution in [3.8, 4) is 11.8 Å². The number of hydrogen-bond acceptors (Lipinski definition) is 3. The molecule has 0 heterocycles. The van der Waals surface area contributed by atoms with Crippen LogP contribution in [0.3, 0.4) is 0 Å². The Kier molecular flexibility index (Phi) is 3.99. The van der Waals surface area contributed by atoms with E-state index in [2.05, 4.69) is 11.4 Å². The Hall–Kier alpha value is -2.54. The van der Waals surface area contributed by atoms with Crippen LogP contribution in [-0.2, 0) is 0 Å². The summed E-state index contributed by atoms with van der Waals surface area (Å²) in [6.45, 7) is 0. The molecule has 1 N–H and O–H groups in total. The molecule has 3 nitrogen and oxygen atoms in total. The van der Waals surface area contributed by atoms with Gasteiger partial charge in [-0.2, -0.15) is 5.26 Å². The lowest BCUT2D eigenvalue weighted by Gasteiger charge is -2.13. The summed E-state index contributed by atoms with van der Waals surface area (Å²) in [6, 6.07) is 14.8. The van der Waals surface area contributed by atoms with E-state index in [1.807, 2.05) is 12.1 Å². The Morgan fingerprint density at radius 3 is 2.26 bits per heavy atom. The van der Waals surface area contributed by atoms with Gasteiger partial charge < -0.3 is 10.1 Å². The normalized spacial score (nSPS) is 11.4. The van der Waals surface area contributed by atoms with Gasteiger partial charge in [-0.15, -0.1) is 0 Å². The van der Waals surface area contributed by atoms with Crippen LogP contribution in [0.1, 0.15) is 11.6 Å². The molecule has 0 spiro atoms. The number of nitrogens with one attached hydrogen (secondary N) is 1. The Morgan fingerprint density at radius 1 is 1.11 bits per heavy atom. The maximum atomic E-state index is 12.8. The maximum Gasteiger partial charge on any atom is 0.140 e. The lowest BCUT2D eigenvalue weighted by Crippen LogP contribution is -2.08. The van der Waals surface area contributed by atoms with Crippen molar-refractivity contribution in [2.45, 2.75) is 6.04 Å². The van der Waals surface area contributed by atoms with Gasteiger partial charge in [0.15, 0.2) is 0 Å². The fourth-order valence-corrected chi connectivity index (χ4v) is 1.70. The van der Waals surface area contributed by atoms with Crippen LogP contribution in [0.5, 0.6) is 5.75 Å². The van der Waals surface area contributed by atoms with Gasteiger partial charge in [0.2, 0.25) is 0 Å². The van der Waals surface area contributed by atoms with E-state index >= 15 is 0 Å². The molecule has 1 atom stereocenters. The van der Waals surface area contributed by atoms with E-state index in [9.17, 15) is 9.65 Å². The zero-order valence-corrected chi connectivity index (χ0v) is 10.4. The van der Waals surface area contributed by atoms with Gasteiger partial charge in [0, 0.05) is 5.69 Å². The van der Waals surface area contributed by atoms with Crippen LogP contribution in [0.4, 0.5) is 10.1 Å². The first-order valence-corrected chi connectivity index (χ1v) is 5.78. The molecule has 2 aromatic rings. The quantitative estimate of drug-likeness (QED) is 0.910. The van der Waals surface area contributed by atoms with Gasteiger partial charge in [0.25, 0.3) is 0 Å². The second kappa shape index (κ2) is 5.87. The lowest BCUT2D eigenvalue weighted by molar-refractivity contribution is 0.414. The number of halogens is 1. The molecule has 2 rings (SSSR count). The second-order valence-corrected chi connectivity index (χ2v) is 3.99. The predicted molar refractivity (Wildman–Crippen MR) is 71.4 cm³/mol. The van der Waals surface area contributed by atoms with E-state index in [1.165, 1.54) is 12.1 Å². The van der Waals surface area contributed by atoms with Crippen molar-refractivity contribution >= 4 is 5.69 Å². The summed E-state index contributed by atoms with van der Waals surface area (Å²) in [7, 11) is 1.59. The van der Waals surface area contributed by atoms with Gasteiger partial charge in [0.1, 0.15) is 17.6 Å². The second-order valence-electron chi connectivity index (χ2n) is 3.99. The highest BCUT2D eigenvalue weighted by molar-refractivity contribution is 5.47. The van der Waals surface area contributed by atoms with E-state index in [0.29, 0.717) is 5.69 Å². The number of rotatable bonds is 4. The molecule has 0 amide bonds. The Labute approximate surface area is 111 Å². The van der Waals surface area contributed by atoms with E-state index < -0.39 is 6.04 Å². The van der Waals surface area contributed by atoms with Crippen LogP contribution in [0, 0.1) is 17.1 Å². The molecule has 0 aromatic heterocycles. The number of nitrogens with zero attached hydrogens (tertiary/aromatic N) is 1. The van der Waals surface area contributed by atoms with Crippen molar-refractivity contribution in [1.82, 2.24) is 0 Å².